The fraction of sp³-hybridized carbons (Fsp3) is 0.529. The number of hydrogen-bond donors (Lipinski definition) is 2. The van der Waals surface area contributed by atoms with Crippen LogP contribution in [0.5, 0.6) is 0 Å². The number of rotatable bonds is 5. The zero-order chi connectivity index (χ0) is 18.1. The predicted octanol–water partition coefficient (Wildman–Crippen LogP) is 2.10. The second-order valence-corrected chi connectivity index (χ2v) is 6.43. The number of aryl methyl sites for hydroxylation is 3. The molecule has 3 N–H and O–H groups in total. The number of amides is 2. The van der Waals surface area contributed by atoms with Crippen LogP contribution in [0.3, 0.4) is 0 Å². The first-order valence-corrected chi connectivity index (χ1v) is 7.88. The van der Waals surface area contributed by atoms with E-state index in [9.17, 15) is 18.4 Å². The minimum Gasteiger partial charge on any atom is -0.350 e. The summed E-state index contributed by atoms with van der Waals surface area (Å²) < 4.78 is 26.3. The highest BCUT2D eigenvalue weighted by molar-refractivity contribution is 6.01. The maximum atomic E-state index is 13.1. The zero-order valence-corrected chi connectivity index (χ0v) is 15.4. The number of nitrogens with one attached hydrogen (secondary N) is 1. The second-order valence-electron chi connectivity index (χ2n) is 6.43. The van der Waals surface area contributed by atoms with Gasteiger partial charge in [-0.05, 0) is 31.9 Å². The molecule has 5 nitrogen and oxygen atoms in total. The Balaban J connectivity index is 0.00000312. The van der Waals surface area contributed by atoms with Crippen LogP contribution in [0.1, 0.15) is 23.1 Å². The van der Waals surface area contributed by atoms with Crippen molar-refractivity contribution >= 4 is 29.9 Å². The van der Waals surface area contributed by atoms with Crippen LogP contribution in [-0.4, -0.2) is 37.4 Å². The number of benzene rings is 1. The Hall–Kier alpha value is -1.73. The Morgan fingerprint density at radius 3 is 2.40 bits per heavy atom. The highest BCUT2D eigenvalue weighted by atomic mass is 35.5. The first-order chi connectivity index (χ1) is 11.1. The Bertz CT molecular complexity index is 644. The van der Waals surface area contributed by atoms with Gasteiger partial charge in [0.25, 0.3) is 5.92 Å². The molecule has 1 unspecified atom stereocenters. The smallest absolute Gasteiger partial charge is 0.277 e. The van der Waals surface area contributed by atoms with Crippen molar-refractivity contribution in [2.24, 2.45) is 11.7 Å². The Morgan fingerprint density at radius 1 is 1.32 bits per heavy atom. The van der Waals surface area contributed by atoms with E-state index in [0.29, 0.717) is 0 Å². The number of halogens is 3. The lowest BCUT2D eigenvalue weighted by Gasteiger charge is -2.22. The van der Waals surface area contributed by atoms with E-state index >= 15 is 0 Å². The summed E-state index contributed by atoms with van der Waals surface area (Å²) in [5.74, 6) is -4.48. The van der Waals surface area contributed by atoms with Gasteiger partial charge in [0.1, 0.15) is 0 Å². The minimum atomic E-state index is -3.14. The predicted molar refractivity (Wildman–Crippen MR) is 95.4 cm³/mol. The van der Waals surface area contributed by atoms with Gasteiger partial charge in [0.15, 0.2) is 0 Å². The molecule has 0 radical (unpaired) electrons. The molecule has 1 saturated heterocycles. The Kier molecular flexibility index (Phi) is 6.90. The van der Waals surface area contributed by atoms with Crippen LogP contribution in [0.2, 0.25) is 0 Å². The molecule has 0 aliphatic carbocycles. The largest absolute Gasteiger partial charge is 0.350 e. The Labute approximate surface area is 152 Å². The van der Waals surface area contributed by atoms with E-state index in [1.54, 1.807) is 4.90 Å². The van der Waals surface area contributed by atoms with Crippen molar-refractivity contribution in [2.75, 3.05) is 24.5 Å². The summed E-state index contributed by atoms with van der Waals surface area (Å²) in [6, 6.07) is 3.95. The second kappa shape index (κ2) is 8.10. The third kappa shape index (κ3) is 4.89. The van der Waals surface area contributed by atoms with E-state index in [1.165, 1.54) is 0 Å². The van der Waals surface area contributed by atoms with Gasteiger partial charge in [0, 0.05) is 18.7 Å². The lowest BCUT2D eigenvalue weighted by atomic mass is 10.0. The Morgan fingerprint density at radius 2 is 1.88 bits per heavy atom. The van der Waals surface area contributed by atoms with E-state index in [0.717, 1.165) is 22.4 Å². The minimum absolute atomic E-state index is 0. The number of alkyl halides is 2. The van der Waals surface area contributed by atoms with E-state index in [4.69, 9.17) is 5.73 Å². The molecule has 0 bridgehead atoms. The zero-order valence-electron chi connectivity index (χ0n) is 14.6. The lowest BCUT2D eigenvalue weighted by molar-refractivity contribution is -0.127. The fourth-order valence-electron chi connectivity index (χ4n) is 3.13. The maximum absolute atomic E-state index is 13.1. The van der Waals surface area contributed by atoms with E-state index in [1.807, 2.05) is 32.9 Å². The van der Waals surface area contributed by atoms with Gasteiger partial charge in [0.2, 0.25) is 11.8 Å². The van der Waals surface area contributed by atoms with E-state index in [-0.39, 0.29) is 31.3 Å². The summed E-state index contributed by atoms with van der Waals surface area (Å²) in [4.78, 5) is 26.0. The SMILES string of the molecule is Cc1cc(C)c(N2CC(C(=O)NCC(F)(F)CN)CC2=O)c(C)c1.Cl. The molecule has 1 fully saturated rings. The summed E-state index contributed by atoms with van der Waals surface area (Å²) in [7, 11) is 0. The normalized spacial score (nSPS) is 17.4. The van der Waals surface area contributed by atoms with E-state index in [2.05, 4.69) is 5.32 Å². The molecule has 0 aromatic heterocycles. The van der Waals surface area contributed by atoms with Crippen molar-refractivity contribution in [3.8, 4) is 0 Å². The topological polar surface area (TPSA) is 75.4 Å². The highest BCUT2D eigenvalue weighted by Gasteiger charge is 2.37. The van der Waals surface area contributed by atoms with Crippen LogP contribution in [0, 0.1) is 26.7 Å². The molecule has 1 aromatic carbocycles. The molecule has 1 aliphatic heterocycles. The monoisotopic (exact) mass is 375 g/mol. The number of anilines is 1. The van der Waals surface area contributed by atoms with Crippen LogP contribution < -0.4 is 16.0 Å². The highest BCUT2D eigenvalue weighted by Crippen LogP contribution is 2.31. The van der Waals surface area contributed by atoms with Crippen molar-refractivity contribution < 1.29 is 18.4 Å². The lowest BCUT2D eigenvalue weighted by Crippen LogP contribution is -2.44. The molecule has 25 heavy (non-hydrogen) atoms. The fourth-order valence-corrected chi connectivity index (χ4v) is 3.13. The van der Waals surface area contributed by atoms with E-state index < -0.39 is 30.8 Å². The third-order valence-electron chi connectivity index (χ3n) is 4.22. The van der Waals surface area contributed by atoms with Gasteiger partial charge in [-0.1, -0.05) is 17.7 Å². The van der Waals surface area contributed by atoms with Crippen LogP contribution in [-0.2, 0) is 9.59 Å². The molecule has 0 spiro atoms. The van der Waals surface area contributed by atoms with Gasteiger partial charge in [-0.2, -0.15) is 0 Å². The molecular formula is C17H24ClF2N3O2. The molecule has 1 atom stereocenters. The van der Waals surface area contributed by atoms with Gasteiger partial charge >= 0.3 is 0 Å². The number of carbonyl (C=O) groups excluding carboxylic acids is 2. The van der Waals surface area contributed by atoms with Crippen molar-refractivity contribution in [1.82, 2.24) is 5.32 Å². The van der Waals surface area contributed by atoms with Gasteiger partial charge in [-0.15, -0.1) is 12.4 Å². The molecule has 8 heteroatoms. The molecule has 2 rings (SSSR count). The summed E-state index contributed by atoms with van der Waals surface area (Å²) in [5.41, 5.74) is 8.75. The summed E-state index contributed by atoms with van der Waals surface area (Å²) >= 11 is 0. The van der Waals surface area contributed by atoms with Crippen LogP contribution in [0.15, 0.2) is 12.1 Å². The van der Waals surface area contributed by atoms with Crippen molar-refractivity contribution in [2.45, 2.75) is 33.1 Å². The molecule has 2 amide bonds. The maximum Gasteiger partial charge on any atom is 0.277 e. The van der Waals surface area contributed by atoms with Crippen molar-refractivity contribution in [3.63, 3.8) is 0 Å². The molecule has 1 aliphatic rings. The van der Waals surface area contributed by atoms with Crippen LogP contribution in [0.25, 0.3) is 0 Å². The number of carbonyl (C=O) groups is 2. The summed E-state index contributed by atoms with van der Waals surface area (Å²) in [6.07, 6.45) is 0.0206. The average molecular weight is 376 g/mol. The number of nitrogens with zero attached hydrogens (tertiary/aromatic N) is 1. The summed E-state index contributed by atoms with van der Waals surface area (Å²) in [6.45, 7) is 4.36. The molecule has 140 valence electrons. The third-order valence-corrected chi connectivity index (χ3v) is 4.22. The van der Waals surface area contributed by atoms with Crippen molar-refractivity contribution in [1.29, 1.82) is 0 Å². The summed E-state index contributed by atoms with van der Waals surface area (Å²) in [5, 5.41) is 2.20. The molecule has 1 heterocycles. The van der Waals surface area contributed by atoms with Crippen LogP contribution >= 0.6 is 12.4 Å². The number of hydrogen-bond acceptors (Lipinski definition) is 3. The first-order valence-electron chi connectivity index (χ1n) is 7.88. The first kappa shape index (κ1) is 21.3. The van der Waals surface area contributed by atoms with Gasteiger partial charge in [-0.3, -0.25) is 9.59 Å². The van der Waals surface area contributed by atoms with Gasteiger partial charge in [-0.25, -0.2) is 8.78 Å². The average Bonchev–Trinajstić information content (AvgIpc) is 2.86. The quantitative estimate of drug-likeness (QED) is 0.827. The van der Waals surface area contributed by atoms with Gasteiger partial charge < -0.3 is 16.0 Å². The van der Waals surface area contributed by atoms with Crippen LogP contribution in [0.4, 0.5) is 14.5 Å². The number of nitrogens with two attached hydrogens (primary N) is 1. The van der Waals surface area contributed by atoms with Crippen molar-refractivity contribution in [3.05, 3.63) is 28.8 Å². The molecule has 0 saturated carbocycles. The van der Waals surface area contributed by atoms with Gasteiger partial charge in [0.05, 0.1) is 19.0 Å². The standard InChI is InChI=1S/C17H23F2N3O2.ClH/c1-10-4-11(2)15(12(3)5-10)22-7-13(6-14(22)23)16(24)21-9-17(18,19)8-20;/h4-5,13H,6-9,20H2,1-3H3,(H,21,24);1H. The molecule has 1 aromatic rings. The molecular weight excluding hydrogens is 352 g/mol.